The summed E-state index contributed by atoms with van der Waals surface area (Å²) in [5.74, 6) is -1.77. The van der Waals surface area contributed by atoms with Crippen LogP contribution in [0.25, 0.3) is 10.8 Å². The van der Waals surface area contributed by atoms with E-state index < -0.39 is 18.0 Å². The number of hydrogen-bond acceptors (Lipinski definition) is 2. The SMILES string of the molecule is O=C(c1cccc2cc(O)ccc12)N1CCCC(C(F)(F)F)C1. The zero-order valence-corrected chi connectivity index (χ0v) is 12.3. The number of piperidine rings is 1. The zero-order chi connectivity index (χ0) is 16.6. The number of rotatable bonds is 1. The fourth-order valence-corrected chi connectivity index (χ4v) is 3.06. The standard InChI is InChI=1S/C17H16F3NO2/c18-17(19,20)12-4-2-8-21(10-12)16(23)15-5-1-3-11-9-13(22)6-7-14(11)15/h1,3,5-7,9,12,22H,2,4,8,10H2. The highest BCUT2D eigenvalue weighted by Gasteiger charge is 2.42. The van der Waals surface area contributed by atoms with Gasteiger partial charge < -0.3 is 10.0 Å². The fraction of sp³-hybridized carbons (Fsp3) is 0.353. The minimum Gasteiger partial charge on any atom is -0.508 e. The van der Waals surface area contributed by atoms with E-state index in [2.05, 4.69) is 0 Å². The molecule has 2 aromatic carbocycles. The van der Waals surface area contributed by atoms with Crippen LogP contribution in [-0.4, -0.2) is 35.2 Å². The van der Waals surface area contributed by atoms with Crippen molar-refractivity contribution >= 4 is 16.7 Å². The van der Waals surface area contributed by atoms with Crippen LogP contribution in [-0.2, 0) is 0 Å². The topological polar surface area (TPSA) is 40.5 Å². The molecule has 0 aliphatic carbocycles. The van der Waals surface area contributed by atoms with Crippen LogP contribution in [0.1, 0.15) is 23.2 Å². The summed E-state index contributed by atoms with van der Waals surface area (Å²) >= 11 is 0. The molecule has 23 heavy (non-hydrogen) atoms. The monoisotopic (exact) mass is 323 g/mol. The lowest BCUT2D eigenvalue weighted by Crippen LogP contribution is -2.44. The second-order valence-electron chi connectivity index (χ2n) is 5.84. The van der Waals surface area contributed by atoms with E-state index >= 15 is 0 Å². The molecule has 1 aliphatic rings. The van der Waals surface area contributed by atoms with Crippen molar-refractivity contribution in [2.45, 2.75) is 19.0 Å². The van der Waals surface area contributed by atoms with Gasteiger partial charge in [0, 0.05) is 18.7 Å². The quantitative estimate of drug-likeness (QED) is 0.863. The van der Waals surface area contributed by atoms with E-state index in [1.165, 1.54) is 17.0 Å². The summed E-state index contributed by atoms with van der Waals surface area (Å²) in [4.78, 5) is 13.9. The summed E-state index contributed by atoms with van der Waals surface area (Å²) < 4.78 is 38.7. The molecule has 1 atom stereocenters. The van der Waals surface area contributed by atoms with Gasteiger partial charge in [-0.15, -0.1) is 0 Å². The summed E-state index contributed by atoms with van der Waals surface area (Å²) in [7, 11) is 0. The van der Waals surface area contributed by atoms with E-state index in [-0.39, 0.29) is 18.7 Å². The number of carbonyl (C=O) groups is 1. The van der Waals surface area contributed by atoms with Crippen LogP contribution >= 0.6 is 0 Å². The number of benzene rings is 2. The third-order valence-corrected chi connectivity index (χ3v) is 4.27. The van der Waals surface area contributed by atoms with E-state index in [0.717, 1.165) is 0 Å². The van der Waals surface area contributed by atoms with Crippen LogP contribution in [0.5, 0.6) is 5.75 Å². The largest absolute Gasteiger partial charge is 0.508 e. The van der Waals surface area contributed by atoms with Crippen LogP contribution in [0.15, 0.2) is 36.4 Å². The van der Waals surface area contributed by atoms with Gasteiger partial charge in [-0.25, -0.2) is 0 Å². The van der Waals surface area contributed by atoms with Crippen molar-refractivity contribution in [3.05, 3.63) is 42.0 Å². The van der Waals surface area contributed by atoms with Gasteiger partial charge in [0.05, 0.1) is 5.92 Å². The molecule has 0 saturated carbocycles. The predicted octanol–water partition coefficient (Wildman–Crippen LogP) is 3.96. The molecule has 1 saturated heterocycles. The van der Waals surface area contributed by atoms with E-state index in [4.69, 9.17) is 0 Å². The number of halogens is 3. The van der Waals surface area contributed by atoms with Crippen LogP contribution in [0, 0.1) is 5.92 Å². The first-order chi connectivity index (χ1) is 10.9. The molecule has 0 spiro atoms. The molecule has 1 N–H and O–H groups in total. The maximum absolute atomic E-state index is 12.9. The van der Waals surface area contributed by atoms with Crippen molar-refractivity contribution in [1.29, 1.82) is 0 Å². The van der Waals surface area contributed by atoms with Gasteiger partial charge in [-0.1, -0.05) is 12.1 Å². The molecule has 1 fully saturated rings. The minimum atomic E-state index is -4.27. The van der Waals surface area contributed by atoms with Gasteiger partial charge in [0.15, 0.2) is 0 Å². The Kier molecular flexibility index (Phi) is 3.92. The number of fused-ring (bicyclic) bond motifs is 1. The molecule has 122 valence electrons. The van der Waals surface area contributed by atoms with Gasteiger partial charge in [0.2, 0.25) is 0 Å². The number of phenolic OH excluding ortho intramolecular Hbond substituents is 1. The maximum Gasteiger partial charge on any atom is 0.393 e. The number of amides is 1. The first-order valence-electron chi connectivity index (χ1n) is 7.44. The average molecular weight is 323 g/mol. The molecule has 3 rings (SSSR count). The summed E-state index contributed by atoms with van der Waals surface area (Å²) in [5.41, 5.74) is 0.366. The highest BCUT2D eigenvalue weighted by molar-refractivity contribution is 6.07. The van der Waals surface area contributed by atoms with Gasteiger partial charge >= 0.3 is 6.18 Å². The van der Waals surface area contributed by atoms with Crippen LogP contribution in [0.2, 0.25) is 0 Å². The van der Waals surface area contributed by atoms with Crippen molar-refractivity contribution in [2.75, 3.05) is 13.1 Å². The summed E-state index contributed by atoms with van der Waals surface area (Å²) in [5, 5.41) is 10.8. The second kappa shape index (κ2) is 5.76. The molecule has 0 radical (unpaired) electrons. The van der Waals surface area contributed by atoms with Crippen LogP contribution in [0.4, 0.5) is 13.2 Å². The third kappa shape index (κ3) is 3.11. The second-order valence-corrected chi connectivity index (χ2v) is 5.84. The molecule has 1 aliphatic heterocycles. The molecule has 1 amide bonds. The molecule has 1 unspecified atom stereocenters. The number of nitrogens with zero attached hydrogens (tertiary/aromatic N) is 1. The predicted molar refractivity (Wildman–Crippen MR) is 80.3 cm³/mol. The van der Waals surface area contributed by atoms with Crippen LogP contribution in [0.3, 0.4) is 0 Å². The Balaban J connectivity index is 1.91. The number of hydrogen-bond donors (Lipinski definition) is 1. The van der Waals surface area contributed by atoms with Crippen molar-refractivity contribution in [2.24, 2.45) is 5.92 Å². The molecule has 3 nitrogen and oxygen atoms in total. The zero-order valence-electron chi connectivity index (χ0n) is 12.3. The van der Waals surface area contributed by atoms with Crippen LogP contribution < -0.4 is 0 Å². The smallest absolute Gasteiger partial charge is 0.393 e. The Hall–Kier alpha value is -2.24. The Bertz CT molecular complexity index is 742. The van der Waals surface area contributed by atoms with Crippen molar-refractivity contribution in [1.82, 2.24) is 4.90 Å². The van der Waals surface area contributed by atoms with E-state index in [1.807, 2.05) is 0 Å². The van der Waals surface area contributed by atoms with Gasteiger partial charge in [-0.2, -0.15) is 13.2 Å². The molecule has 0 bridgehead atoms. The average Bonchev–Trinajstić information content (AvgIpc) is 2.52. The Morgan fingerprint density at radius 3 is 2.74 bits per heavy atom. The number of aromatic hydroxyl groups is 1. The van der Waals surface area contributed by atoms with Crippen molar-refractivity contribution in [3.8, 4) is 5.75 Å². The highest BCUT2D eigenvalue weighted by Crippen LogP contribution is 2.34. The van der Waals surface area contributed by atoms with E-state index in [1.54, 1.807) is 24.3 Å². The van der Waals surface area contributed by atoms with Gasteiger partial charge in [-0.3, -0.25) is 4.79 Å². The molecular formula is C17H16F3NO2. The first-order valence-corrected chi connectivity index (χ1v) is 7.44. The lowest BCUT2D eigenvalue weighted by Gasteiger charge is -2.34. The number of carbonyl (C=O) groups excluding carboxylic acids is 1. The van der Waals surface area contributed by atoms with Gasteiger partial charge in [0.25, 0.3) is 5.91 Å². The fourth-order valence-electron chi connectivity index (χ4n) is 3.06. The molecule has 1 heterocycles. The summed E-state index contributed by atoms with van der Waals surface area (Å²) in [6.45, 7) is 0.0384. The van der Waals surface area contributed by atoms with E-state index in [0.29, 0.717) is 29.3 Å². The third-order valence-electron chi connectivity index (χ3n) is 4.27. The lowest BCUT2D eigenvalue weighted by molar-refractivity contribution is -0.184. The minimum absolute atomic E-state index is 0.0662. The molecular weight excluding hydrogens is 307 g/mol. The van der Waals surface area contributed by atoms with Gasteiger partial charge in [-0.05, 0) is 47.9 Å². The number of alkyl halides is 3. The van der Waals surface area contributed by atoms with E-state index in [9.17, 15) is 23.1 Å². The van der Waals surface area contributed by atoms with Gasteiger partial charge in [0.1, 0.15) is 5.75 Å². The normalized spacial score (nSPS) is 19.1. The summed E-state index contributed by atoms with van der Waals surface area (Å²) in [6.07, 6.45) is -3.86. The van der Waals surface area contributed by atoms with Crippen molar-refractivity contribution < 1.29 is 23.1 Å². The van der Waals surface area contributed by atoms with Crippen molar-refractivity contribution in [3.63, 3.8) is 0 Å². The Morgan fingerprint density at radius 2 is 2.00 bits per heavy atom. The summed E-state index contributed by atoms with van der Waals surface area (Å²) in [6, 6.07) is 9.64. The Morgan fingerprint density at radius 1 is 1.22 bits per heavy atom. The number of phenols is 1. The number of likely N-dealkylation sites (tertiary alicyclic amines) is 1. The molecule has 0 aromatic heterocycles. The Labute approximate surface area is 131 Å². The molecule has 2 aromatic rings. The molecule has 6 heteroatoms. The lowest BCUT2D eigenvalue weighted by atomic mass is 9.96. The maximum atomic E-state index is 12.9. The highest BCUT2D eigenvalue weighted by atomic mass is 19.4. The first kappa shape index (κ1) is 15.6.